The number of esters is 1. The Morgan fingerprint density at radius 1 is 1.00 bits per heavy atom. The Kier molecular flexibility index (Phi) is 6.90. The van der Waals surface area contributed by atoms with E-state index in [4.69, 9.17) is 32.7 Å². The Bertz CT molecular complexity index is 976. The van der Waals surface area contributed by atoms with Crippen LogP contribution in [0.3, 0.4) is 0 Å². The molecule has 4 nitrogen and oxygen atoms in total. The normalized spacial score (nSPS) is 10.5. The van der Waals surface area contributed by atoms with Crippen molar-refractivity contribution in [2.45, 2.75) is 20.0 Å². The topological polar surface area (TPSA) is 48.4 Å². The molecule has 0 aliphatic heterocycles. The highest BCUT2D eigenvalue weighted by Gasteiger charge is 2.12. The smallest absolute Gasteiger partial charge is 0.356 e. The second-order valence-corrected chi connectivity index (χ2v) is 6.89. The molecule has 3 rings (SSSR count). The predicted molar refractivity (Wildman–Crippen MR) is 110 cm³/mol. The van der Waals surface area contributed by atoms with E-state index in [-0.39, 0.29) is 5.69 Å². The van der Waals surface area contributed by atoms with Crippen LogP contribution in [0.1, 0.15) is 34.2 Å². The van der Waals surface area contributed by atoms with Gasteiger partial charge in [0.2, 0.25) is 0 Å². The summed E-state index contributed by atoms with van der Waals surface area (Å²) >= 11 is 12.4. The first-order chi connectivity index (χ1) is 13.6. The lowest BCUT2D eigenvalue weighted by Gasteiger charge is -2.13. The summed E-state index contributed by atoms with van der Waals surface area (Å²) in [6.07, 6.45) is 0.464. The molecule has 0 fully saturated rings. The van der Waals surface area contributed by atoms with Gasteiger partial charge in [-0.3, -0.25) is 0 Å². The maximum atomic E-state index is 11.9. The first-order valence-electron chi connectivity index (χ1n) is 8.84. The SMILES string of the molecule is CCOC(=O)c1cccc(Cc2cc(Cl)ccc2OCc2ccccc2Cl)n1. The maximum absolute atomic E-state index is 11.9. The van der Waals surface area contributed by atoms with Crippen LogP contribution < -0.4 is 4.74 Å². The van der Waals surface area contributed by atoms with Crippen LogP contribution in [0, 0.1) is 0 Å². The third-order valence-electron chi connectivity index (χ3n) is 4.03. The maximum Gasteiger partial charge on any atom is 0.356 e. The zero-order valence-corrected chi connectivity index (χ0v) is 16.8. The number of carbonyl (C=O) groups excluding carboxylic acids is 1. The van der Waals surface area contributed by atoms with Crippen molar-refractivity contribution in [3.63, 3.8) is 0 Å². The van der Waals surface area contributed by atoms with Crippen LogP contribution in [0.25, 0.3) is 0 Å². The average Bonchev–Trinajstić information content (AvgIpc) is 2.69. The van der Waals surface area contributed by atoms with Gasteiger partial charge in [0.15, 0.2) is 0 Å². The number of hydrogen-bond donors (Lipinski definition) is 0. The van der Waals surface area contributed by atoms with Crippen LogP contribution >= 0.6 is 23.2 Å². The van der Waals surface area contributed by atoms with Gasteiger partial charge in [-0.2, -0.15) is 0 Å². The van der Waals surface area contributed by atoms with Crippen molar-refractivity contribution in [3.05, 3.63) is 93.2 Å². The molecule has 28 heavy (non-hydrogen) atoms. The number of aromatic nitrogens is 1. The van der Waals surface area contributed by atoms with Crippen molar-refractivity contribution >= 4 is 29.2 Å². The van der Waals surface area contributed by atoms with Gasteiger partial charge in [0.05, 0.1) is 6.61 Å². The molecule has 0 saturated heterocycles. The minimum atomic E-state index is -0.439. The van der Waals surface area contributed by atoms with E-state index in [2.05, 4.69) is 4.98 Å². The molecule has 0 saturated carbocycles. The monoisotopic (exact) mass is 415 g/mol. The Morgan fingerprint density at radius 3 is 2.61 bits per heavy atom. The molecule has 0 bridgehead atoms. The number of ether oxygens (including phenoxy) is 2. The summed E-state index contributed by atoms with van der Waals surface area (Å²) in [6.45, 7) is 2.40. The van der Waals surface area contributed by atoms with E-state index in [0.717, 1.165) is 16.8 Å². The summed E-state index contributed by atoms with van der Waals surface area (Å²) < 4.78 is 11.0. The number of nitrogens with zero attached hydrogens (tertiary/aromatic N) is 1. The van der Waals surface area contributed by atoms with E-state index in [1.807, 2.05) is 42.5 Å². The lowest BCUT2D eigenvalue weighted by Crippen LogP contribution is -2.08. The lowest BCUT2D eigenvalue weighted by atomic mass is 10.1. The lowest BCUT2D eigenvalue weighted by molar-refractivity contribution is 0.0519. The average molecular weight is 416 g/mol. The molecule has 0 amide bonds. The van der Waals surface area contributed by atoms with E-state index in [1.54, 1.807) is 25.1 Å². The zero-order valence-electron chi connectivity index (χ0n) is 15.3. The minimum absolute atomic E-state index is 0.278. The van der Waals surface area contributed by atoms with Gasteiger partial charge in [-0.25, -0.2) is 9.78 Å². The van der Waals surface area contributed by atoms with Crippen LogP contribution in [-0.2, 0) is 17.8 Å². The highest BCUT2D eigenvalue weighted by molar-refractivity contribution is 6.31. The van der Waals surface area contributed by atoms with Crippen LogP contribution in [0.4, 0.5) is 0 Å². The van der Waals surface area contributed by atoms with Crippen molar-refractivity contribution < 1.29 is 14.3 Å². The number of benzene rings is 2. The molecular weight excluding hydrogens is 397 g/mol. The number of carbonyl (C=O) groups is 1. The van der Waals surface area contributed by atoms with E-state index in [0.29, 0.717) is 35.4 Å². The van der Waals surface area contributed by atoms with Crippen molar-refractivity contribution in [2.24, 2.45) is 0 Å². The van der Waals surface area contributed by atoms with Gasteiger partial charge in [-0.15, -0.1) is 0 Å². The third kappa shape index (κ3) is 5.24. The molecule has 0 aliphatic rings. The molecule has 0 aliphatic carbocycles. The molecule has 6 heteroatoms. The number of halogens is 2. The summed E-state index contributed by atoms with van der Waals surface area (Å²) in [5.41, 5.74) is 2.76. The van der Waals surface area contributed by atoms with Crippen molar-refractivity contribution in [3.8, 4) is 5.75 Å². The predicted octanol–water partition coefficient (Wildman–Crippen LogP) is 5.73. The first kappa shape index (κ1) is 20.2. The Balaban J connectivity index is 1.80. The number of hydrogen-bond acceptors (Lipinski definition) is 4. The molecule has 0 spiro atoms. The van der Waals surface area contributed by atoms with Gasteiger partial charge in [0, 0.05) is 33.3 Å². The summed E-state index contributed by atoms with van der Waals surface area (Å²) in [4.78, 5) is 16.3. The van der Waals surface area contributed by atoms with Gasteiger partial charge in [0.1, 0.15) is 18.1 Å². The third-order valence-corrected chi connectivity index (χ3v) is 4.63. The van der Waals surface area contributed by atoms with Gasteiger partial charge < -0.3 is 9.47 Å². The van der Waals surface area contributed by atoms with Crippen molar-refractivity contribution in [1.82, 2.24) is 4.98 Å². The van der Waals surface area contributed by atoms with E-state index >= 15 is 0 Å². The van der Waals surface area contributed by atoms with Crippen LogP contribution in [-0.4, -0.2) is 17.6 Å². The summed E-state index contributed by atoms with van der Waals surface area (Å²) in [5.74, 6) is 0.248. The molecule has 0 atom stereocenters. The van der Waals surface area contributed by atoms with Gasteiger partial charge in [-0.1, -0.05) is 47.5 Å². The Hall–Kier alpha value is -2.56. The van der Waals surface area contributed by atoms with Crippen LogP contribution in [0.5, 0.6) is 5.75 Å². The molecule has 0 radical (unpaired) electrons. The fourth-order valence-electron chi connectivity index (χ4n) is 2.69. The molecule has 1 aromatic heterocycles. The van der Waals surface area contributed by atoms with Crippen molar-refractivity contribution in [1.29, 1.82) is 0 Å². The molecule has 144 valence electrons. The van der Waals surface area contributed by atoms with Gasteiger partial charge in [0.25, 0.3) is 0 Å². The van der Waals surface area contributed by atoms with E-state index in [9.17, 15) is 4.79 Å². The highest BCUT2D eigenvalue weighted by atomic mass is 35.5. The Labute approximate surface area is 174 Å². The van der Waals surface area contributed by atoms with Gasteiger partial charge >= 0.3 is 5.97 Å². The second kappa shape index (κ2) is 9.58. The highest BCUT2D eigenvalue weighted by Crippen LogP contribution is 2.27. The molecule has 1 heterocycles. The zero-order chi connectivity index (χ0) is 19.9. The largest absolute Gasteiger partial charge is 0.489 e. The number of pyridine rings is 1. The van der Waals surface area contributed by atoms with Crippen molar-refractivity contribution in [2.75, 3.05) is 6.61 Å². The number of rotatable bonds is 7. The molecule has 0 N–H and O–H groups in total. The summed E-state index contributed by atoms with van der Waals surface area (Å²) in [5, 5.41) is 1.25. The van der Waals surface area contributed by atoms with Crippen LogP contribution in [0.2, 0.25) is 10.0 Å². The minimum Gasteiger partial charge on any atom is -0.489 e. The fourth-order valence-corrected chi connectivity index (χ4v) is 3.07. The quantitative estimate of drug-likeness (QED) is 0.461. The van der Waals surface area contributed by atoms with Gasteiger partial charge in [-0.05, 0) is 43.3 Å². The summed E-state index contributed by atoms with van der Waals surface area (Å²) in [6, 6.07) is 18.2. The molecular formula is C22H19Cl2NO3. The molecule has 2 aromatic carbocycles. The van der Waals surface area contributed by atoms with E-state index in [1.165, 1.54) is 0 Å². The second-order valence-electron chi connectivity index (χ2n) is 6.04. The fraction of sp³-hybridized carbons (Fsp3) is 0.182. The van der Waals surface area contributed by atoms with E-state index < -0.39 is 5.97 Å². The molecule has 0 unspecified atom stereocenters. The Morgan fingerprint density at radius 2 is 1.82 bits per heavy atom. The molecule has 3 aromatic rings. The standard InChI is InChI=1S/C22H19Cl2NO3/c1-2-27-22(26)20-9-5-7-18(25-20)13-16-12-17(23)10-11-21(16)28-14-15-6-3-4-8-19(15)24/h3-12H,2,13-14H2,1H3. The summed E-state index contributed by atoms with van der Waals surface area (Å²) in [7, 11) is 0. The first-order valence-corrected chi connectivity index (χ1v) is 9.60. The van der Waals surface area contributed by atoms with Crippen LogP contribution in [0.15, 0.2) is 60.7 Å².